The van der Waals surface area contributed by atoms with E-state index in [1.807, 2.05) is 64.1 Å². The molecule has 0 bridgehead atoms. The van der Waals surface area contributed by atoms with Gasteiger partial charge in [0.05, 0.1) is 0 Å². The average molecular weight is 546 g/mol. The molecule has 0 spiro atoms. The first-order valence-electron chi connectivity index (χ1n) is 9.59. The van der Waals surface area contributed by atoms with Crippen molar-refractivity contribution in [1.29, 1.82) is 0 Å². The van der Waals surface area contributed by atoms with Gasteiger partial charge in [-0.1, -0.05) is 51.3 Å². The highest BCUT2D eigenvalue weighted by molar-refractivity contribution is 9.10. The van der Waals surface area contributed by atoms with Crippen molar-refractivity contribution in [3.05, 3.63) is 102 Å². The van der Waals surface area contributed by atoms with Crippen LogP contribution >= 0.6 is 31.9 Å². The Morgan fingerprint density at radius 1 is 0.774 bits per heavy atom. The molecule has 3 nitrogen and oxygen atoms in total. The van der Waals surface area contributed by atoms with Crippen LogP contribution in [-0.4, -0.2) is 18.4 Å². The van der Waals surface area contributed by atoms with Gasteiger partial charge in [-0.2, -0.15) is 0 Å². The van der Waals surface area contributed by atoms with Crippen molar-refractivity contribution in [2.24, 2.45) is 0 Å². The Kier molecular flexibility index (Phi) is 11.3. The van der Waals surface area contributed by atoms with E-state index in [9.17, 15) is 14.4 Å². The molecule has 0 fully saturated rings. The Bertz CT molecular complexity index is 1030. The zero-order valence-corrected chi connectivity index (χ0v) is 21.5. The monoisotopic (exact) mass is 544 g/mol. The maximum absolute atomic E-state index is 10.9. The summed E-state index contributed by atoms with van der Waals surface area (Å²) in [5, 5.41) is 0. The molecular weight excluding hydrogens is 520 g/mol. The van der Waals surface area contributed by atoms with Crippen molar-refractivity contribution in [2.45, 2.75) is 34.6 Å². The molecule has 0 aliphatic heterocycles. The third-order valence-corrected chi connectivity index (χ3v) is 5.72. The van der Waals surface area contributed by atoms with Gasteiger partial charge >= 0.3 is 0 Å². The molecule has 3 aromatic carbocycles. The van der Waals surface area contributed by atoms with Crippen LogP contribution in [0.1, 0.15) is 60.3 Å². The average Bonchev–Trinajstić information content (AvgIpc) is 2.69. The molecule has 3 aromatic rings. The van der Waals surface area contributed by atoms with Crippen molar-refractivity contribution in [3.8, 4) is 0 Å². The fourth-order valence-corrected chi connectivity index (χ4v) is 3.75. The summed E-state index contributed by atoms with van der Waals surface area (Å²) in [5.74, 6) is 0.136. The number of carbonyl (C=O) groups excluding carboxylic acids is 3. The van der Waals surface area contributed by atoms with E-state index in [4.69, 9.17) is 0 Å². The van der Waals surface area contributed by atoms with Crippen molar-refractivity contribution in [1.82, 2.24) is 0 Å². The van der Waals surface area contributed by atoms with E-state index in [1.54, 1.807) is 19.1 Å². The van der Waals surface area contributed by atoms with Gasteiger partial charge in [-0.3, -0.25) is 14.4 Å². The highest BCUT2D eigenvalue weighted by atomic mass is 79.9. The molecular formula is C26H26Br2O3. The Morgan fingerprint density at radius 3 is 1.81 bits per heavy atom. The quantitative estimate of drug-likeness (QED) is 0.251. The van der Waals surface area contributed by atoms with Gasteiger partial charge in [-0.05, 0) is 92.0 Å². The first-order valence-corrected chi connectivity index (χ1v) is 11.2. The third-order valence-electron chi connectivity index (χ3n) is 4.18. The normalized spacial score (nSPS) is 9.52. The maximum Gasteiger partial charge on any atom is 0.159 e. The number of rotatable bonds is 3. The predicted octanol–water partition coefficient (Wildman–Crippen LogP) is 7.65. The maximum atomic E-state index is 10.9. The van der Waals surface area contributed by atoms with E-state index in [2.05, 4.69) is 37.9 Å². The SMILES string of the molecule is CC(=O)c1cc(C)cc(C)c1.Cc1cc(Br)cc(C=O)c1.Cc1cccc(C=O)c1Br. The van der Waals surface area contributed by atoms with Crippen LogP contribution in [0.15, 0.2) is 63.5 Å². The topological polar surface area (TPSA) is 51.2 Å². The number of Topliss-reactive ketones (excluding diaryl/α,β-unsaturated/α-hetero) is 1. The number of ketones is 1. The van der Waals surface area contributed by atoms with Crippen molar-refractivity contribution in [2.75, 3.05) is 0 Å². The van der Waals surface area contributed by atoms with Crippen LogP contribution in [0.2, 0.25) is 0 Å². The van der Waals surface area contributed by atoms with Crippen LogP contribution in [0, 0.1) is 27.7 Å². The summed E-state index contributed by atoms with van der Waals surface area (Å²) in [6.07, 6.45) is 1.69. The highest BCUT2D eigenvalue weighted by Gasteiger charge is 1.99. The molecule has 0 aliphatic rings. The molecule has 5 heteroatoms. The minimum Gasteiger partial charge on any atom is -0.298 e. The van der Waals surface area contributed by atoms with E-state index in [0.29, 0.717) is 11.1 Å². The van der Waals surface area contributed by atoms with Gasteiger partial charge in [0.25, 0.3) is 0 Å². The Morgan fingerprint density at radius 2 is 1.35 bits per heavy atom. The van der Waals surface area contributed by atoms with Gasteiger partial charge in [0.15, 0.2) is 12.1 Å². The Hall–Kier alpha value is -2.37. The number of hydrogen-bond donors (Lipinski definition) is 0. The molecule has 0 radical (unpaired) electrons. The van der Waals surface area contributed by atoms with Crippen LogP contribution in [0.5, 0.6) is 0 Å². The highest BCUT2D eigenvalue weighted by Crippen LogP contribution is 2.18. The van der Waals surface area contributed by atoms with E-state index in [-0.39, 0.29) is 5.78 Å². The summed E-state index contributed by atoms with van der Waals surface area (Å²) >= 11 is 6.60. The summed E-state index contributed by atoms with van der Waals surface area (Å²) in [4.78, 5) is 31.6. The molecule has 0 aromatic heterocycles. The minimum absolute atomic E-state index is 0.136. The van der Waals surface area contributed by atoms with Crippen LogP contribution < -0.4 is 0 Å². The minimum atomic E-state index is 0.136. The van der Waals surface area contributed by atoms with Crippen LogP contribution in [-0.2, 0) is 0 Å². The molecule has 3 rings (SSSR count). The van der Waals surface area contributed by atoms with Gasteiger partial charge in [-0.25, -0.2) is 0 Å². The van der Waals surface area contributed by atoms with Crippen molar-refractivity contribution in [3.63, 3.8) is 0 Å². The zero-order chi connectivity index (χ0) is 23.6. The fourth-order valence-electron chi connectivity index (χ4n) is 2.77. The molecule has 31 heavy (non-hydrogen) atoms. The largest absolute Gasteiger partial charge is 0.298 e. The second-order valence-electron chi connectivity index (χ2n) is 7.21. The molecule has 0 atom stereocenters. The summed E-state index contributed by atoms with van der Waals surface area (Å²) in [7, 11) is 0. The Labute approximate surface area is 201 Å². The Balaban J connectivity index is 0.000000233. The van der Waals surface area contributed by atoms with E-state index >= 15 is 0 Å². The number of benzene rings is 3. The van der Waals surface area contributed by atoms with Gasteiger partial charge < -0.3 is 0 Å². The van der Waals surface area contributed by atoms with Crippen LogP contribution in [0.25, 0.3) is 0 Å². The second kappa shape index (κ2) is 13.1. The molecule has 0 N–H and O–H groups in total. The molecule has 0 saturated heterocycles. The van der Waals surface area contributed by atoms with Crippen molar-refractivity contribution >= 4 is 50.2 Å². The molecule has 162 valence electrons. The first kappa shape index (κ1) is 26.7. The smallest absolute Gasteiger partial charge is 0.159 e. The lowest BCUT2D eigenvalue weighted by molar-refractivity contribution is 0.101. The number of aldehydes is 2. The molecule has 0 saturated carbocycles. The van der Waals surface area contributed by atoms with E-state index < -0.39 is 0 Å². The predicted molar refractivity (Wildman–Crippen MR) is 134 cm³/mol. The third kappa shape index (κ3) is 9.53. The van der Waals surface area contributed by atoms with Crippen molar-refractivity contribution < 1.29 is 14.4 Å². The van der Waals surface area contributed by atoms with Gasteiger partial charge in [0, 0.05) is 25.6 Å². The van der Waals surface area contributed by atoms with Gasteiger partial charge in [0.2, 0.25) is 0 Å². The van der Waals surface area contributed by atoms with Crippen LogP contribution in [0.4, 0.5) is 0 Å². The molecule has 0 amide bonds. The number of carbonyl (C=O) groups is 3. The zero-order valence-electron chi connectivity index (χ0n) is 18.3. The summed E-state index contributed by atoms with van der Waals surface area (Å²) < 4.78 is 1.85. The lowest BCUT2D eigenvalue weighted by atomic mass is 10.1. The molecule has 0 heterocycles. The van der Waals surface area contributed by atoms with Crippen LogP contribution in [0.3, 0.4) is 0 Å². The summed E-state index contributed by atoms with van der Waals surface area (Å²) in [6, 6.07) is 17.1. The second-order valence-corrected chi connectivity index (χ2v) is 8.92. The van der Waals surface area contributed by atoms with Gasteiger partial charge in [0.1, 0.15) is 6.29 Å². The first-order chi connectivity index (χ1) is 14.6. The number of hydrogen-bond acceptors (Lipinski definition) is 3. The summed E-state index contributed by atoms with van der Waals surface area (Å²) in [5.41, 5.74) is 6.71. The standard InChI is InChI=1S/C10H12O.2C8H7BrO/c1-7-4-8(2)6-10(5-7)9(3)11;1-6-2-7(5-10)4-8(9)3-6;1-6-3-2-4-7(5-10)8(6)9/h4-6H,1-3H3;2*2-5H,1H3. The van der Waals surface area contributed by atoms with E-state index in [1.165, 1.54) is 0 Å². The number of halogens is 2. The fraction of sp³-hybridized carbons (Fsp3) is 0.192. The van der Waals surface area contributed by atoms with Gasteiger partial charge in [-0.15, -0.1) is 0 Å². The lowest BCUT2D eigenvalue weighted by Gasteiger charge is -1.99. The number of aryl methyl sites for hydroxylation is 4. The molecule has 0 aliphatic carbocycles. The summed E-state index contributed by atoms with van der Waals surface area (Å²) in [6.45, 7) is 9.50. The molecule has 0 unspecified atom stereocenters. The van der Waals surface area contributed by atoms with E-state index in [0.717, 1.165) is 49.3 Å². The lowest BCUT2D eigenvalue weighted by Crippen LogP contribution is -1.93.